The van der Waals surface area contributed by atoms with Crippen molar-refractivity contribution in [3.8, 4) is 5.75 Å². The van der Waals surface area contributed by atoms with Crippen molar-refractivity contribution in [1.82, 2.24) is 0 Å². The highest BCUT2D eigenvalue weighted by molar-refractivity contribution is 7.59. The topological polar surface area (TPSA) is 19.9 Å². The first-order valence-electron chi connectivity index (χ1n) is 2.94. The van der Waals surface area contributed by atoms with Gasteiger partial charge < -0.3 is 0 Å². The van der Waals surface area contributed by atoms with Gasteiger partial charge in [-0.15, -0.1) is 0 Å². The van der Waals surface area contributed by atoms with Gasteiger partial charge in [-0.05, 0) is 37.1 Å². The molecule has 0 aliphatic carbocycles. The summed E-state index contributed by atoms with van der Waals surface area (Å²) in [5, 5.41) is 10.7. The molecule has 0 saturated heterocycles. The molecule has 0 saturated carbocycles. The maximum atomic E-state index is 10.7. The van der Waals surface area contributed by atoms with E-state index in [4.69, 9.17) is 0 Å². The molecule has 0 spiro atoms. The van der Waals surface area contributed by atoms with E-state index < -0.39 is 0 Å². The van der Waals surface area contributed by atoms with Crippen LogP contribution in [0.1, 0.15) is 11.1 Å². The van der Waals surface area contributed by atoms with Crippen LogP contribution >= 0.6 is 13.5 Å². The lowest BCUT2D eigenvalue weighted by Crippen LogP contribution is -1.73. The Morgan fingerprint density at radius 1 is 1.00 bits per heavy atom. The molecule has 1 aromatic rings. The molecular formula is C8H11OS. The SMILES string of the molecule is Cc1cc(C)cc([O])c1.S. The van der Waals surface area contributed by atoms with Crippen LogP contribution in [0.2, 0.25) is 0 Å². The number of hydrogen-bond donors (Lipinski definition) is 0. The third-order valence-corrected chi connectivity index (χ3v) is 1.20. The lowest BCUT2D eigenvalue weighted by atomic mass is 10.1. The van der Waals surface area contributed by atoms with E-state index in [0.717, 1.165) is 11.1 Å². The van der Waals surface area contributed by atoms with Crippen LogP contribution in [0.25, 0.3) is 0 Å². The summed E-state index contributed by atoms with van der Waals surface area (Å²) in [6, 6.07) is 5.25. The molecule has 0 N–H and O–H groups in total. The molecule has 1 rings (SSSR count). The summed E-state index contributed by atoms with van der Waals surface area (Å²) in [7, 11) is 0. The minimum Gasteiger partial charge on any atom is -0.290 e. The second kappa shape index (κ2) is 3.52. The van der Waals surface area contributed by atoms with Crippen molar-refractivity contribution in [2.45, 2.75) is 13.8 Å². The quantitative estimate of drug-likeness (QED) is 0.548. The molecule has 0 aromatic heterocycles. The molecular weight excluding hydrogens is 144 g/mol. The summed E-state index contributed by atoms with van der Waals surface area (Å²) in [5.41, 5.74) is 2.08. The Morgan fingerprint density at radius 2 is 1.40 bits per heavy atom. The van der Waals surface area contributed by atoms with Crippen molar-refractivity contribution in [2.75, 3.05) is 0 Å². The summed E-state index contributed by atoms with van der Waals surface area (Å²) in [4.78, 5) is 0. The second-order valence-electron chi connectivity index (χ2n) is 2.32. The predicted octanol–water partition coefficient (Wildman–Crippen LogP) is 2.56. The van der Waals surface area contributed by atoms with Gasteiger partial charge in [-0.25, -0.2) is 0 Å². The van der Waals surface area contributed by atoms with Gasteiger partial charge in [-0.2, -0.15) is 13.5 Å². The standard InChI is InChI=1S/C8H9O.H2S/c1-6-3-7(2)5-8(9)4-6;/h3-5H,1-2H3;1H2. The molecule has 1 aromatic carbocycles. The van der Waals surface area contributed by atoms with E-state index in [2.05, 4.69) is 0 Å². The van der Waals surface area contributed by atoms with Crippen LogP contribution in [0.15, 0.2) is 18.2 Å². The van der Waals surface area contributed by atoms with Crippen LogP contribution in [-0.4, -0.2) is 0 Å². The summed E-state index contributed by atoms with van der Waals surface area (Å²) in [6.07, 6.45) is 0. The van der Waals surface area contributed by atoms with Gasteiger partial charge in [0.1, 0.15) is 0 Å². The predicted molar refractivity (Wildman–Crippen MR) is 46.4 cm³/mol. The Bertz CT molecular complexity index is 170. The van der Waals surface area contributed by atoms with Crippen LogP contribution in [0.4, 0.5) is 0 Å². The summed E-state index contributed by atoms with van der Waals surface area (Å²) in [6.45, 7) is 3.85. The molecule has 2 heteroatoms. The largest absolute Gasteiger partial charge is 0.290 e. The number of rotatable bonds is 0. The van der Waals surface area contributed by atoms with E-state index in [1.807, 2.05) is 19.9 Å². The fraction of sp³-hybridized carbons (Fsp3) is 0.250. The van der Waals surface area contributed by atoms with E-state index in [0.29, 0.717) is 0 Å². The summed E-state index contributed by atoms with van der Waals surface area (Å²) in [5.74, 6) is 0.104. The van der Waals surface area contributed by atoms with E-state index in [1.54, 1.807) is 12.1 Å². The van der Waals surface area contributed by atoms with Gasteiger partial charge in [0.15, 0.2) is 5.75 Å². The molecule has 0 atom stereocenters. The van der Waals surface area contributed by atoms with Crippen LogP contribution < -0.4 is 0 Å². The van der Waals surface area contributed by atoms with Crippen molar-refractivity contribution in [2.24, 2.45) is 0 Å². The summed E-state index contributed by atoms with van der Waals surface area (Å²) < 4.78 is 0. The molecule has 1 radical (unpaired) electrons. The van der Waals surface area contributed by atoms with Crippen LogP contribution in [0, 0.1) is 13.8 Å². The molecule has 55 valence electrons. The van der Waals surface area contributed by atoms with E-state index in [9.17, 15) is 5.11 Å². The molecule has 10 heavy (non-hydrogen) atoms. The van der Waals surface area contributed by atoms with Crippen molar-refractivity contribution in [3.05, 3.63) is 29.3 Å². The highest BCUT2D eigenvalue weighted by Gasteiger charge is 1.91. The second-order valence-corrected chi connectivity index (χ2v) is 2.32. The number of aryl methyl sites for hydroxylation is 2. The first-order valence-corrected chi connectivity index (χ1v) is 2.94. The number of hydrogen-bond acceptors (Lipinski definition) is 0. The van der Waals surface area contributed by atoms with Gasteiger partial charge in [-0.3, -0.25) is 5.11 Å². The minimum absolute atomic E-state index is 0. The van der Waals surface area contributed by atoms with Crippen molar-refractivity contribution < 1.29 is 5.11 Å². The lowest BCUT2D eigenvalue weighted by Gasteiger charge is -1.93. The van der Waals surface area contributed by atoms with E-state index in [-0.39, 0.29) is 19.2 Å². The minimum atomic E-state index is 0. The third-order valence-electron chi connectivity index (χ3n) is 1.20. The van der Waals surface area contributed by atoms with Crippen molar-refractivity contribution in [3.63, 3.8) is 0 Å². The molecule has 0 amide bonds. The molecule has 0 unspecified atom stereocenters. The van der Waals surface area contributed by atoms with E-state index in [1.165, 1.54) is 0 Å². The summed E-state index contributed by atoms with van der Waals surface area (Å²) >= 11 is 0. The Morgan fingerprint density at radius 3 is 1.70 bits per heavy atom. The zero-order valence-corrected chi connectivity index (χ0v) is 7.14. The van der Waals surface area contributed by atoms with Gasteiger partial charge in [0.2, 0.25) is 0 Å². The van der Waals surface area contributed by atoms with Gasteiger partial charge in [0, 0.05) is 0 Å². The molecule has 0 bridgehead atoms. The highest BCUT2D eigenvalue weighted by atomic mass is 32.1. The maximum absolute atomic E-state index is 10.7. The maximum Gasteiger partial charge on any atom is 0.179 e. The molecule has 1 nitrogen and oxygen atoms in total. The fourth-order valence-electron chi connectivity index (χ4n) is 0.933. The van der Waals surface area contributed by atoms with Crippen LogP contribution in [-0.2, 0) is 5.11 Å². The smallest absolute Gasteiger partial charge is 0.179 e. The zero-order chi connectivity index (χ0) is 6.85. The average molecular weight is 155 g/mol. The molecule has 0 fully saturated rings. The van der Waals surface area contributed by atoms with E-state index >= 15 is 0 Å². The first-order chi connectivity index (χ1) is 4.18. The zero-order valence-electron chi connectivity index (χ0n) is 6.14. The molecule has 0 heterocycles. The normalized spacial score (nSPS) is 8.60. The molecule has 0 aliphatic heterocycles. The van der Waals surface area contributed by atoms with Crippen LogP contribution in [0.5, 0.6) is 5.75 Å². The van der Waals surface area contributed by atoms with Crippen LogP contribution in [0.3, 0.4) is 0 Å². The van der Waals surface area contributed by atoms with Crippen molar-refractivity contribution in [1.29, 1.82) is 0 Å². The van der Waals surface area contributed by atoms with Gasteiger partial charge >= 0.3 is 0 Å². The van der Waals surface area contributed by atoms with Gasteiger partial charge in [0.25, 0.3) is 0 Å². The Balaban J connectivity index is 0.000000810. The molecule has 0 aliphatic rings. The first kappa shape index (κ1) is 9.37. The third kappa shape index (κ3) is 2.31. The lowest BCUT2D eigenvalue weighted by molar-refractivity contribution is 0.354. The fourth-order valence-corrected chi connectivity index (χ4v) is 0.933. The Kier molecular flexibility index (Phi) is 3.30. The highest BCUT2D eigenvalue weighted by Crippen LogP contribution is 2.13. The Hall–Kier alpha value is -0.630. The van der Waals surface area contributed by atoms with Gasteiger partial charge in [-0.1, -0.05) is 6.07 Å². The van der Waals surface area contributed by atoms with Gasteiger partial charge in [0.05, 0.1) is 0 Å². The monoisotopic (exact) mass is 155 g/mol. The van der Waals surface area contributed by atoms with Crippen molar-refractivity contribution >= 4 is 13.5 Å². The Labute approximate surface area is 68.1 Å². The average Bonchev–Trinajstić information content (AvgIpc) is 1.59. The number of benzene rings is 1.